The molecule has 19 heavy (non-hydrogen) atoms. The zero-order chi connectivity index (χ0) is 13.9. The largest absolute Gasteiger partial charge is 0.370 e. The molecule has 4 heteroatoms. The molecule has 1 heterocycles. The van der Waals surface area contributed by atoms with Crippen molar-refractivity contribution in [1.82, 2.24) is 9.97 Å². The minimum Gasteiger partial charge on any atom is -0.370 e. The zero-order valence-electron chi connectivity index (χ0n) is 12.2. The van der Waals surface area contributed by atoms with Gasteiger partial charge in [0.2, 0.25) is 0 Å². The lowest BCUT2D eigenvalue weighted by Gasteiger charge is -2.30. The molecule has 1 saturated carbocycles. The molecule has 0 unspecified atom stereocenters. The number of nitrogens with zero attached hydrogens (tertiary/aromatic N) is 1. The molecule has 0 spiro atoms. The summed E-state index contributed by atoms with van der Waals surface area (Å²) in [6.07, 6.45) is 7.41. The molecule has 1 fully saturated rings. The van der Waals surface area contributed by atoms with Gasteiger partial charge in [-0.15, -0.1) is 0 Å². The van der Waals surface area contributed by atoms with E-state index in [2.05, 4.69) is 9.97 Å². The molecule has 1 aliphatic carbocycles. The van der Waals surface area contributed by atoms with Gasteiger partial charge in [-0.25, -0.2) is 4.98 Å². The van der Waals surface area contributed by atoms with Crippen LogP contribution in [-0.4, -0.2) is 17.1 Å². The van der Waals surface area contributed by atoms with E-state index in [-0.39, 0.29) is 5.56 Å². The normalized spacial score (nSPS) is 19.1. The molecular formula is C15H24N2O2. The lowest BCUT2D eigenvalue weighted by molar-refractivity contribution is -0.0355. The highest BCUT2D eigenvalue weighted by Gasteiger charge is 2.35. The first kappa shape index (κ1) is 14.3. The Kier molecular flexibility index (Phi) is 4.40. The first-order chi connectivity index (χ1) is 9.13. The summed E-state index contributed by atoms with van der Waals surface area (Å²) in [6, 6.07) is 0. The molecule has 0 saturated heterocycles. The summed E-state index contributed by atoms with van der Waals surface area (Å²) in [7, 11) is 1.73. The maximum absolute atomic E-state index is 12.1. The second-order valence-corrected chi connectivity index (χ2v) is 5.45. The second-order valence-electron chi connectivity index (χ2n) is 5.45. The summed E-state index contributed by atoms with van der Waals surface area (Å²) in [6.45, 7) is 3.87. The van der Waals surface area contributed by atoms with Crippen LogP contribution in [0.1, 0.15) is 62.5 Å². The molecule has 0 atom stereocenters. The Morgan fingerprint density at radius 3 is 2.42 bits per heavy atom. The van der Waals surface area contributed by atoms with Gasteiger partial charge in [0, 0.05) is 12.7 Å². The Hall–Kier alpha value is -1.16. The Balaban J connectivity index is 2.48. The number of aromatic nitrogens is 2. The molecule has 1 aromatic heterocycles. The van der Waals surface area contributed by atoms with E-state index in [1.807, 2.05) is 13.8 Å². The lowest BCUT2D eigenvalue weighted by atomic mass is 9.92. The van der Waals surface area contributed by atoms with Crippen LogP contribution in [0.5, 0.6) is 0 Å². The maximum atomic E-state index is 12.1. The molecule has 2 rings (SSSR count). The van der Waals surface area contributed by atoms with E-state index >= 15 is 0 Å². The van der Waals surface area contributed by atoms with Crippen molar-refractivity contribution in [2.24, 2.45) is 0 Å². The first-order valence-electron chi connectivity index (χ1n) is 7.28. The van der Waals surface area contributed by atoms with Crippen molar-refractivity contribution in [2.75, 3.05) is 7.11 Å². The standard InChI is InChI=1S/C15H24N2O2/c1-4-12-11(2)13(18)17-14(16-12)15(19-3)9-7-5-6-8-10-15/h4-10H2,1-3H3,(H,16,17,18). The molecule has 0 radical (unpaired) electrons. The fourth-order valence-electron chi connectivity index (χ4n) is 2.98. The van der Waals surface area contributed by atoms with Crippen molar-refractivity contribution in [3.63, 3.8) is 0 Å². The molecule has 1 N–H and O–H groups in total. The van der Waals surface area contributed by atoms with Crippen LogP contribution in [0.15, 0.2) is 4.79 Å². The highest BCUT2D eigenvalue weighted by atomic mass is 16.5. The number of H-pyrrole nitrogens is 1. The van der Waals surface area contributed by atoms with Gasteiger partial charge in [-0.1, -0.05) is 32.6 Å². The van der Waals surface area contributed by atoms with Gasteiger partial charge in [0.1, 0.15) is 11.4 Å². The minimum absolute atomic E-state index is 0.0254. The summed E-state index contributed by atoms with van der Waals surface area (Å²) < 4.78 is 5.81. The van der Waals surface area contributed by atoms with Gasteiger partial charge in [0.15, 0.2) is 0 Å². The smallest absolute Gasteiger partial charge is 0.254 e. The molecule has 0 aliphatic heterocycles. The van der Waals surface area contributed by atoms with Crippen LogP contribution in [0, 0.1) is 6.92 Å². The number of aromatic amines is 1. The van der Waals surface area contributed by atoms with Crippen LogP contribution in [0.25, 0.3) is 0 Å². The summed E-state index contributed by atoms with van der Waals surface area (Å²) in [5.74, 6) is 0.726. The summed E-state index contributed by atoms with van der Waals surface area (Å²) >= 11 is 0. The van der Waals surface area contributed by atoms with Crippen LogP contribution < -0.4 is 5.56 Å². The minimum atomic E-state index is -0.396. The average Bonchev–Trinajstić information content (AvgIpc) is 2.68. The van der Waals surface area contributed by atoms with Gasteiger partial charge in [0.05, 0.1) is 5.69 Å². The molecule has 0 amide bonds. The highest BCUT2D eigenvalue weighted by molar-refractivity contribution is 5.18. The Labute approximate surface area is 114 Å². The van der Waals surface area contributed by atoms with Crippen LogP contribution in [0.4, 0.5) is 0 Å². The molecule has 1 aliphatic rings. The van der Waals surface area contributed by atoms with Gasteiger partial charge < -0.3 is 9.72 Å². The highest BCUT2D eigenvalue weighted by Crippen LogP contribution is 2.36. The number of hydrogen-bond acceptors (Lipinski definition) is 3. The quantitative estimate of drug-likeness (QED) is 0.854. The van der Waals surface area contributed by atoms with Crippen molar-refractivity contribution in [3.8, 4) is 0 Å². The fraction of sp³-hybridized carbons (Fsp3) is 0.733. The third kappa shape index (κ3) is 2.73. The molecule has 1 aromatic rings. The van der Waals surface area contributed by atoms with Crippen LogP contribution in [0.3, 0.4) is 0 Å². The van der Waals surface area contributed by atoms with E-state index in [0.717, 1.165) is 49.2 Å². The van der Waals surface area contributed by atoms with Gasteiger partial charge in [-0.05, 0) is 26.2 Å². The van der Waals surface area contributed by atoms with Crippen molar-refractivity contribution >= 4 is 0 Å². The van der Waals surface area contributed by atoms with E-state index in [1.165, 1.54) is 12.8 Å². The van der Waals surface area contributed by atoms with Gasteiger partial charge >= 0.3 is 0 Å². The topological polar surface area (TPSA) is 55.0 Å². The number of rotatable bonds is 3. The van der Waals surface area contributed by atoms with Crippen molar-refractivity contribution in [2.45, 2.75) is 64.4 Å². The van der Waals surface area contributed by atoms with E-state index in [0.29, 0.717) is 0 Å². The lowest BCUT2D eigenvalue weighted by Crippen LogP contribution is -2.34. The summed E-state index contributed by atoms with van der Waals surface area (Å²) in [5, 5.41) is 0. The van der Waals surface area contributed by atoms with E-state index < -0.39 is 5.60 Å². The van der Waals surface area contributed by atoms with Crippen molar-refractivity contribution < 1.29 is 4.74 Å². The third-order valence-electron chi connectivity index (χ3n) is 4.32. The number of nitrogens with one attached hydrogen (secondary N) is 1. The van der Waals surface area contributed by atoms with E-state index in [9.17, 15) is 4.79 Å². The van der Waals surface area contributed by atoms with Crippen LogP contribution in [-0.2, 0) is 16.8 Å². The molecule has 106 valence electrons. The summed E-state index contributed by atoms with van der Waals surface area (Å²) in [5.41, 5.74) is 1.20. The van der Waals surface area contributed by atoms with E-state index in [1.54, 1.807) is 7.11 Å². The number of methoxy groups -OCH3 is 1. The van der Waals surface area contributed by atoms with Gasteiger partial charge in [0.25, 0.3) is 5.56 Å². The van der Waals surface area contributed by atoms with Gasteiger partial charge in [-0.3, -0.25) is 4.79 Å². The van der Waals surface area contributed by atoms with Crippen LogP contribution in [0.2, 0.25) is 0 Å². The Morgan fingerprint density at radius 1 is 1.26 bits per heavy atom. The predicted molar refractivity (Wildman–Crippen MR) is 75.4 cm³/mol. The Bertz CT molecular complexity index is 485. The maximum Gasteiger partial charge on any atom is 0.254 e. The molecule has 0 aromatic carbocycles. The predicted octanol–water partition coefficient (Wildman–Crippen LogP) is 2.84. The van der Waals surface area contributed by atoms with E-state index in [4.69, 9.17) is 4.74 Å². The van der Waals surface area contributed by atoms with Crippen LogP contribution >= 0.6 is 0 Å². The number of aryl methyl sites for hydroxylation is 1. The Morgan fingerprint density at radius 2 is 1.89 bits per heavy atom. The molecular weight excluding hydrogens is 240 g/mol. The zero-order valence-corrected chi connectivity index (χ0v) is 12.2. The first-order valence-corrected chi connectivity index (χ1v) is 7.28. The third-order valence-corrected chi connectivity index (χ3v) is 4.32. The van der Waals surface area contributed by atoms with Gasteiger partial charge in [-0.2, -0.15) is 0 Å². The number of ether oxygens (including phenoxy) is 1. The van der Waals surface area contributed by atoms with Crippen molar-refractivity contribution in [1.29, 1.82) is 0 Å². The number of hydrogen-bond donors (Lipinski definition) is 1. The monoisotopic (exact) mass is 264 g/mol. The SMILES string of the molecule is CCc1nc(C2(OC)CCCCCC2)[nH]c(=O)c1C. The fourth-order valence-corrected chi connectivity index (χ4v) is 2.98. The average molecular weight is 264 g/mol. The summed E-state index contributed by atoms with van der Waals surface area (Å²) in [4.78, 5) is 19.7. The van der Waals surface area contributed by atoms with Crippen molar-refractivity contribution in [3.05, 3.63) is 27.4 Å². The molecule has 0 bridgehead atoms. The molecule has 4 nitrogen and oxygen atoms in total. The second kappa shape index (κ2) is 5.87.